The fourth-order valence-electron chi connectivity index (χ4n) is 3.29. The lowest BCUT2D eigenvalue weighted by atomic mass is 10.1. The van der Waals surface area contributed by atoms with Crippen LogP contribution in [0.15, 0.2) is 48.5 Å². The standard InChI is InChI=1S/C25H23Cl6N5O2/c1-2-3-4-5-14-32-20(37)16-6-8-17(9-7-16)21(38)33-18-12-10-15(11-13-18)19-34-22(24(26,27)28)36-23(35-19)25(29,30)31/h6-13H,2-5,14H2,1H3,(H,32,37)(H,33,38). The third-order valence-corrected chi connectivity index (χ3v) is 6.28. The molecule has 1 aromatic heterocycles. The molecule has 2 N–H and O–H groups in total. The molecule has 0 saturated heterocycles. The van der Waals surface area contributed by atoms with Crippen molar-refractivity contribution in [3.8, 4) is 11.4 Å². The van der Waals surface area contributed by atoms with Gasteiger partial charge in [-0.2, -0.15) is 0 Å². The first-order valence-electron chi connectivity index (χ1n) is 11.6. The van der Waals surface area contributed by atoms with E-state index in [4.69, 9.17) is 69.6 Å². The Morgan fingerprint density at radius 3 is 1.74 bits per heavy atom. The van der Waals surface area contributed by atoms with E-state index in [1.54, 1.807) is 48.5 Å². The molecule has 0 aliphatic rings. The molecule has 38 heavy (non-hydrogen) atoms. The zero-order valence-electron chi connectivity index (χ0n) is 20.1. The van der Waals surface area contributed by atoms with Gasteiger partial charge in [-0.25, -0.2) is 15.0 Å². The molecule has 7 nitrogen and oxygen atoms in total. The van der Waals surface area contributed by atoms with Crippen molar-refractivity contribution in [2.75, 3.05) is 11.9 Å². The Morgan fingerprint density at radius 2 is 1.24 bits per heavy atom. The molecule has 0 atom stereocenters. The van der Waals surface area contributed by atoms with Gasteiger partial charge in [0.25, 0.3) is 11.8 Å². The summed E-state index contributed by atoms with van der Waals surface area (Å²) in [6, 6.07) is 13.0. The van der Waals surface area contributed by atoms with Crippen molar-refractivity contribution in [3.63, 3.8) is 0 Å². The molecule has 202 valence electrons. The molecule has 0 fully saturated rings. The van der Waals surface area contributed by atoms with Gasteiger partial charge in [0, 0.05) is 28.9 Å². The first-order chi connectivity index (χ1) is 17.9. The number of aromatic nitrogens is 3. The summed E-state index contributed by atoms with van der Waals surface area (Å²) >= 11 is 35.6. The second-order valence-electron chi connectivity index (χ2n) is 8.23. The van der Waals surface area contributed by atoms with Crippen LogP contribution in [0.25, 0.3) is 11.4 Å². The van der Waals surface area contributed by atoms with Crippen molar-refractivity contribution < 1.29 is 9.59 Å². The highest BCUT2D eigenvalue weighted by molar-refractivity contribution is 6.67. The van der Waals surface area contributed by atoms with Crippen LogP contribution in [0, 0.1) is 0 Å². The summed E-state index contributed by atoms with van der Waals surface area (Å²) in [6.45, 7) is 2.76. The number of halogens is 6. The van der Waals surface area contributed by atoms with Gasteiger partial charge < -0.3 is 10.6 Å². The Balaban J connectivity index is 1.67. The maximum atomic E-state index is 12.7. The predicted molar refractivity (Wildman–Crippen MR) is 155 cm³/mol. The number of nitrogens with one attached hydrogen (secondary N) is 2. The maximum absolute atomic E-state index is 12.7. The van der Waals surface area contributed by atoms with Gasteiger partial charge in [-0.15, -0.1) is 0 Å². The van der Waals surface area contributed by atoms with E-state index in [-0.39, 0.29) is 29.3 Å². The normalized spacial score (nSPS) is 11.8. The third kappa shape index (κ3) is 8.83. The number of rotatable bonds is 9. The number of benzene rings is 2. The second-order valence-corrected chi connectivity index (χ2v) is 12.8. The molecule has 0 spiro atoms. The zero-order valence-corrected chi connectivity index (χ0v) is 24.6. The van der Waals surface area contributed by atoms with E-state index < -0.39 is 7.59 Å². The van der Waals surface area contributed by atoms with Crippen LogP contribution < -0.4 is 10.6 Å². The topological polar surface area (TPSA) is 96.9 Å². The predicted octanol–water partition coefficient (Wildman–Crippen LogP) is 7.75. The zero-order chi connectivity index (χ0) is 27.9. The molecule has 0 bridgehead atoms. The Kier molecular flexibility index (Phi) is 10.9. The van der Waals surface area contributed by atoms with Gasteiger partial charge in [0.1, 0.15) is 0 Å². The fraction of sp³-hybridized carbons (Fsp3) is 0.320. The molecule has 2 aromatic carbocycles. The van der Waals surface area contributed by atoms with Gasteiger partial charge in [0.05, 0.1) is 0 Å². The largest absolute Gasteiger partial charge is 0.352 e. The molecule has 3 rings (SSSR count). The number of nitrogens with zero attached hydrogens (tertiary/aromatic N) is 3. The third-order valence-electron chi connectivity index (χ3n) is 5.27. The highest BCUT2D eigenvalue weighted by Gasteiger charge is 2.34. The first kappa shape index (κ1) is 30.7. The van der Waals surface area contributed by atoms with Crippen molar-refractivity contribution in [2.45, 2.75) is 40.2 Å². The van der Waals surface area contributed by atoms with Crippen molar-refractivity contribution in [1.82, 2.24) is 20.3 Å². The fourth-order valence-corrected chi connectivity index (χ4v) is 3.80. The Bertz CT molecular complexity index is 1230. The lowest BCUT2D eigenvalue weighted by Crippen LogP contribution is -2.24. The number of amides is 2. The molecule has 13 heteroatoms. The minimum atomic E-state index is -1.97. The number of carbonyl (C=O) groups excluding carboxylic acids is 2. The number of alkyl halides is 6. The average Bonchev–Trinajstić information content (AvgIpc) is 2.87. The van der Waals surface area contributed by atoms with Gasteiger partial charge in [-0.05, 0) is 55.0 Å². The molecule has 0 aliphatic carbocycles. The van der Waals surface area contributed by atoms with Gasteiger partial charge in [0.15, 0.2) is 17.5 Å². The molecule has 0 radical (unpaired) electrons. The molecular weight excluding hydrogens is 615 g/mol. The number of hydrogen-bond acceptors (Lipinski definition) is 5. The number of anilines is 1. The van der Waals surface area contributed by atoms with Crippen LogP contribution in [0.4, 0.5) is 5.69 Å². The van der Waals surface area contributed by atoms with E-state index in [2.05, 4.69) is 32.5 Å². The van der Waals surface area contributed by atoms with E-state index in [1.165, 1.54) is 0 Å². The summed E-state index contributed by atoms with van der Waals surface area (Å²) in [7, 11) is 0. The average molecular weight is 638 g/mol. The monoisotopic (exact) mass is 635 g/mol. The van der Waals surface area contributed by atoms with E-state index >= 15 is 0 Å². The van der Waals surface area contributed by atoms with Gasteiger partial charge in [-0.1, -0.05) is 95.8 Å². The minimum absolute atomic E-state index is 0.111. The van der Waals surface area contributed by atoms with Crippen LogP contribution in [-0.2, 0) is 7.59 Å². The van der Waals surface area contributed by atoms with Crippen LogP contribution in [0.2, 0.25) is 0 Å². The van der Waals surface area contributed by atoms with Crippen LogP contribution in [0.5, 0.6) is 0 Å². The molecule has 3 aromatic rings. The molecule has 0 saturated carbocycles. The summed E-state index contributed by atoms with van der Waals surface area (Å²) in [5, 5.41) is 5.68. The highest BCUT2D eigenvalue weighted by Crippen LogP contribution is 2.40. The van der Waals surface area contributed by atoms with Gasteiger partial charge in [-0.3, -0.25) is 9.59 Å². The van der Waals surface area contributed by atoms with Crippen molar-refractivity contribution >= 4 is 87.1 Å². The first-order valence-corrected chi connectivity index (χ1v) is 13.9. The Labute approximate surface area is 250 Å². The molecule has 2 amide bonds. The van der Waals surface area contributed by atoms with Crippen LogP contribution >= 0.6 is 69.6 Å². The summed E-state index contributed by atoms with van der Waals surface area (Å²) in [6.07, 6.45) is 4.31. The summed E-state index contributed by atoms with van der Waals surface area (Å²) in [4.78, 5) is 37.3. The maximum Gasteiger partial charge on any atom is 0.255 e. The summed E-state index contributed by atoms with van der Waals surface area (Å²) in [5.74, 6) is -0.820. The van der Waals surface area contributed by atoms with Gasteiger partial charge >= 0.3 is 0 Å². The van der Waals surface area contributed by atoms with Crippen LogP contribution in [-0.4, -0.2) is 33.3 Å². The quantitative estimate of drug-likeness (QED) is 0.185. The van der Waals surface area contributed by atoms with Gasteiger partial charge in [0.2, 0.25) is 7.59 Å². The summed E-state index contributed by atoms with van der Waals surface area (Å²) < 4.78 is -3.94. The Morgan fingerprint density at radius 1 is 0.711 bits per heavy atom. The van der Waals surface area contributed by atoms with Crippen LogP contribution in [0.3, 0.4) is 0 Å². The van der Waals surface area contributed by atoms with Crippen LogP contribution in [0.1, 0.15) is 65.0 Å². The molecule has 0 aliphatic heterocycles. The number of unbranched alkanes of at least 4 members (excludes halogenated alkanes) is 3. The number of carbonyl (C=O) groups is 2. The second kappa shape index (κ2) is 13.5. The lowest BCUT2D eigenvalue weighted by molar-refractivity contribution is 0.0951. The SMILES string of the molecule is CCCCCCNC(=O)c1ccc(C(=O)Nc2ccc(-c3nc(C(Cl)(Cl)Cl)nc(C(Cl)(Cl)Cl)n3)cc2)cc1. The van der Waals surface area contributed by atoms with E-state index in [1.807, 2.05) is 0 Å². The highest BCUT2D eigenvalue weighted by atomic mass is 35.6. The molecular formula is C25H23Cl6N5O2. The van der Waals surface area contributed by atoms with Crippen molar-refractivity contribution in [3.05, 3.63) is 71.3 Å². The van der Waals surface area contributed by atoms with Crippen molar-refractivity contribution in [2.24, 2.45) is 0 Å². The number of hydrogen-bond donors (Lipinski definition) is 2. The Hall–Kier alpha value is -1.87. The lowest BCUT2D eigenvalue weighted by Gasteiger charge is -2.15. The van der Waals surface area contributed by atoms with Crippen molar-refractivity contribution in [1.29, 1.82) is 0 Å². The van der Waals surface area contributed by atoms with E-state index in [9.17, 15) is 9.59 Å². The minimum Gasteiger partial charge on any atom is -0.352 e. The van der Waals surface area contributed by atoms with E-state index in [0.717, 1.165) is 25.7 Å². The summed E-state index contributed by atoms with van der Waals surface area (Å²) in [5.41, 5.74) is 1.89. The molecule has 0 unspecified atom stereocenters. The molecule has 1 heterocycles. The smallest absolute Gasteiger partial charge is 0.255 e. The van der Waals surface area contributed by atoms with E-state index in [0.29, 0.717) is 28.9 Å².